The number of aliphatic carboxylic acids is 2. The van der Waals surface area contributed by atoms with E-state index in [2.05, 4.69) is 13.2 Å². The maximum absolute atomic E-state index is 10.5. The lowest BCUT2D eigenvalue weighted by molar-refractivity contribution is -0.889. The first kappa shape index (κ1) is 19.7. The van der Waals surface area contributed by atoms with Crippen LogP contribution >= 0.6 is 0 Å². The number of rotatable bonds is 7. The van der Waals surface area contributed by atoms with Crippen molar-refractivity contribution in [1.82, 2.24) is 0 Å². The number of hydrogen-bond donors (Lipinski definition) is 1. The molecule has 1 atom stereocenters. The summed E-state index contributed by atoms with van der Waals surface area (Å²) < 4.78 is 0.429. The van der Waals surface area contributed by atoms with E-state index in [1.165, 1.54) is 0 Å². The first-order valence-electron chi connectivity index (χ1n) is 6.11. The molecule has 0 aliphatic carbocycles. The highest BCUT2D eigenvalue weighted by atomic mass is 16.4. The van der Waals surface area contributed by atoms with Crippen molar-refractivity contribution in [3.05, 3.63) is 24.8 Å². The monoisotopic (exact) mass is 271 g/mol. The number of allylic oxidation sites excluding steroid dienone is 1. The molecule has 0 heterocycles. The summed E-state index contributed by atoms with van der Waals surface area (Å²) in [6, 6.07) is -0.389. The van der Waals surface area contributed by atoms with Crippen molar-refractivity contribution >= 4 is 11.9 Å². The Bertz CT molecular complexity index is 329. The third kappa shape index (κ3) is 10.0. The van der Waals surface area contributed by atoms with Gasteiger partial charge in [0.2, 0.25) is 0 Å². The zero-order chi connectivity index (χ0) is 15.6. The zero-order valence-corrected chi connectivity index (χ0v) is 12.3. The Morgan fingerprint density at radius 3 is 2.00 bits per heavy atom. The Morgan fingerprint density at radius 1 is 1.37 bits per heavy atom. The van der Waals surface area contributed by atoms with Crippen LogP contribution in [-0.2, 0) is 9.59 Å². The molecular formula is C14H25NO4. The largest absolute Gasteiger partial charge is 0.544 e. The van der Waals surface area contributed by atoms with E-state index in [-0.39, 0.29) is 11.6 Å². The van der Waals surface area contributed by atoms with Gasteiger partial charge >= 0.3 is 5.97 Å². The molecule has 0 rings (SSSR count). The predicted octanol–water partition coefficient (Wildman–Crippen LogP) is 0.815. The van der Waals surface area contributed by atoms with E-state index < -0.39 is 11.9 Å². The number of carboxylic acid groups (broad SMARTS) is 2. The van der Waals surface area contributed by atoms with Gasteiger partial charge in [-0.3, -0.25) is 0 Å². The molecule has 110 valence electrons. The maximum Gasteiger partial charge on any atom is 0.330 e. The highest BCUT2D eigenvalue weighted by molar-refractivity contribution is 5.85. The van der Waals surface area contributed by atoms with Crippen LogP contribution in [0.5, 0.6) is 0 Å². The number of nitrogens with zero attached hydrogens (tertiary/aromatic N) is 1. The SMILES string of the molecule is C=CCCC(=C)C(=O)O.CCC(C(=O)[O-])[N+](C)(C)C. The summed E-state index contributed by atoms with van der Waals surface area (Å²) in [6.07, 6.45) is 3.48. The second-order valence-corrected chi connectivity index (χ2v) is 5.10. The van der Waals surface area contributed by atoms with Crippen LogP contribution in [-0.4, -0.2) is 48.7 Å². The van der Waals surface area contributed by atoms with Crippen molar-refractivity contribution in [1.29, 1.82) is 0 Å². The average molecular weight is 271 g/mol. The molecule has 0 saturated carbocycles. The molecule has 5 heteroatoms. The van der Waals surface area contributed by atoms with Crippen molar-refractivity contribution < 1.29 is 24.3 Å². The van der Waals surface area contributed by atoms with Crippen LogP contribution < -0.4 is 5.11 Å². The molecule has 1 unspecified atom stereocenters. The fourth-order valence-corrected chi connectivity index (χ4v) is 1.41. The van der Waals surface area contributed by atoms with Gasteiger partial charge in [-0.15, -0.1) is 6.58 Å². The van der Waals surface area contributed by atoms with Gasteiger partial charge in [0.15, 0.2) is 0 Å². The quantitative estimate of drug-likeness (QED) is 0.422. The highest BCUT2D eigenvalue weighted by Crippen LogP contribution is 2.05. The molecule has 1 N–H and O–H groups in total. The molecule has 0 aromatic heterocycles. The fourth-order valence-electron chi connectivity index (χ4n) is 1.41. The standard InChI is InChI=1S/C7H15NO2.C7H10O2/c1-5-6(7(9)10)8(2,3)4;1-3-4-5-6(2)7(8)9/h6H,5H2,1-4H3;3H,1-2,4-5H2,(H,8,9). The third-order valence-electron chi connectivity index (χ3n) is 2.55. The number of carbonyl (C=O) groups is 2. The van der Waals surface area contributed by atoms with Crippen LogP contribution in [0.15, 0.2) is 24.8 Å². The van der Waals surface area contributed by atoms with Crippen LogP contribution in [0.25, 0.3) is 0 Å². The van der Waals surface area contributed by atoms with Gasteiger partial charge in [0.05, 0.1) is 27.1 Å². The average Bonchev–Trinajstić information content (AvgIpc) is 2.24. The van der Waals surface area contributed by atoms with E-state index in [0.29, 0.717) is 23.7 Å². The minimum Gasteiger partial charge on any atom is -0.544 e. The van der Waals surface area contributed by atoms with Gasteiger partial charge in [0, 0.05) is 12.0 Å². The van der Waals surface area contributed by atoms with Crippen LogP contribution in [0.1, 0.15) is 26.2 Å². The third-order valence-corrected chi connectivity index (χ3v) is 2.55. The van der Waals surface area contributed by atoms with Gasteiger partial charge in [0.1, 0.15) is 6.04 Å². The van der Waals surface area contributed by atoms with Crippen molar-refractivity contribution in [3.8, 4) is 0 Å². The number of carbonyl (C=O) groups excluding carboxylic acids is 1. The summed E-state index contributed by atoms with van der Waals surface area (Å²) in [6.45, 7) is 8.65. The normalized spacial score (nSPS) is 11.8. The Kier molecular flexibility index (Phi) is 9.68. The van der Waals surface area contributed by atoms with E-state index in [9.17, 15) is 14.7 Å². The molecule has 5 nitrogen and oxygen atoms in total. The summed E-state index contributed by atoms with van der Waals surface area (Å²) in [5, 5.41) is 18.7. The molecule has 0 bridgehead atoms. The minimum atomic E-state index is -0.963. The van der Waals surface area contributed by atoms with Gasteiger partial charge in [-0.2, -0.15) is 0 Å². The van der Waals surface area contributed by atoms with Crippen LogP contribution in [0.3, 0.4) is 0 Å². The van der Waals surface area contributed by atoms with Gasteiger partial charge < -0.3 is 19.5 Å². The Hall–Kier alpha value is -1.62. The Labute approximate surface area is 115 Å². The number of quaternary nitrogens is 1. The molecule has 0 aliphatic heterocycles. The van der Waals surface area contributed by atoms with E-state index in [0.717, 1.165) is 0 Å². The van der Waals surface area contributed by atoms with Crippen LogP contribution in [0, 0.1) is 0 Å². The van der Waals surface area contributed by atoms with E-state index in [4.69, 9.17) is 5.11 Å². The smallest absolute Gasteiger partial charge is 0.330 e. The number of hydrogen-bond acceptors (Lipinski definition) is 3. The Balaban J connectivity index is 0. The number of carboxylic acids is 2. The summed E-state index contributed by atoms with van der Waals surface area (Å²) in [7, 11) is 5.55. The van der Waals surface area contributed by atoms with Crippen molar-refractivity contribution in [2.24, 2.45) is 0 Å². The topological polar surface area (TPSA) is 77.4 Å². The van der Waals surface area contributed by atoms with Gasteiger partial charge in [-0.05, 0) is 12.8 Å². The summed E-state index contributed by atoms with van der Waals surface area (Å²) in [5.41, 5.74) is 0.245. The first-order valence-corrected chi connectivity index (χ1v) is 6.11. The molecule has 0 fully saturated rings. The molecular weight excluding hydrogens is 246 g/mol. The molecule has 0 aromatic carbocycles. The molecule has 19 heavy (non-hydrogen) atoms. The molecule has 0 aromatic rings. The summed E-state index contributed by atoms with van der Waals surface area (Å²) >= 11 is 0. The van der Waals surface area contributed by atoms with Crippen molar-refractivity contribution in [2.75, 3.05) is 21.1 Å². The zero-order valence-electron chi connectivity index (χ0n) is 12.3. The summed E-state index contributed by atoms with van der Waals surface area (Å²) in [5.74, 6) is -1.88. The van der Waals surface area contributed by atoms with E-state index in [1.54, 1.807) is 6.08 Å². The van der Waals surface area contributed by atoms with Crippen LogP contribution in [0.2, 0.25) is 0 Å². The Morgan fingerprint density at radius 2 is 1.84 bits per heavy atom. The van der Waals surface area contributed by atoms with E-state index in [1.807, 2.05) is 28.1 Å². The lowest BCUT2D eigenvalue weighted by Gasteiger charge is -2.33. The van der Waals surface area contributed by atoms with Crippen molar-refractivity contribution in [3.63, 3.8) is 0 Å². The van der Waals surface area contributed by atoms with Crippen molar-refractivity contribution in [2.45, 2.75) is 32.2 Å². The fraction of sp³-hybridized carbons (Fsp3) is 0.571. The van der Waals surface area contributed by atoms with Gasteiger partial charge in [-0.25, -0.2) is 4.79 Å². The summed E-state index contributed by atoms with van der Waals surface area (Å²) in [4.78, 5) is 20.5. The lowest BCUT2D eigenvalue weighted by Crippen LogP contribution is -2.54. The predicted molar refractivity (Wildman–Crippen MR) is 73.3 cm³/mol. The first-order chi connectivity index (χ1) is 8.57. The molecule has 0 aliphatic rings. The highest BCUT2D eigenvalue weighted by Gasteiger charge is 2.22. The lowest BCUT2D eigenvalue weighted by atomic mass is 10.2. The molecule has 0 spiro atoms. The number of likely N-dealkylation sites (N-methyl/N-ethyl adjacent to an activating group) is 1. The van der Waals surface area contributed by atoms with Gasteiger partial charge in [0.25, 0.3) is 0 Å². The molecule has 0 saturated heterocycles. The van der Waals surface area contributed by atoms with E-state index >= 15 is 0 Å². The second-order valence-electron chi connectivity index (χ2n) is 5.10. The maximum atomic E-state index is 10.5. The minimum absolute atomic E-state index is 0.245. The molecule has 0 radical (unpaired) electrons. The molecule has 0 amide bonds. The van der Waals surface area contributed by atoms with Crippen LogP contribution in [0.4, 0.5) is 0 Å². The second kappa shape index (κ2) is 9.33. The van der Waals surface area contributed by atoms with Gasteiger partial charge in [-0.1, -0.05) is 19.6 Å².